The number of phenols is 2. The van der Waals surface area contributed by atoms with Crippen molar-refractivity contribution < 1.29 is 19.8 Å². The number of nitrogens with zero attached hydrogens (tertiary/aromatic N) is 2. The number of likely N-dealkylation sites (N-methyl/N-ethyl adjacent to an activating group) is 1. The molecule has 2 aromatic carbocycles. The maximum absolute atomic E-state index is 12.5. The van der Waals surface area contributed by atoms with Crippen LogP contribution in [0.25, 0.3) is 11.3 Å². The molecule has 1 atom stereocenters. The maximum atomic E-state index is 12.5. The fourth-order valence-corrected chi connectivity index (χ4v) is 4.01. The Labute approximate surface area is 190 Å². The Kier molecular flexibility index (Phi) is 7.96. The molecular weight excluding hydrogens is 427 g/mol. The third-order valence-corrected chi connectivity index (χ3v) is 6.02. The zero-order valence-electron chi connectivity index (χ0n) is 18.5. The summed E-state index contributed by atoms with van der Waals surface area (Å²) >= 11 is 0. The molecule has 32 heavy (non-hydrogen) atoms. The summed E-state index contributed by atoms with van der Waals surface area (Å²) in [7, 11) is 4.51. The second kappa shape index (κ2) is 10.7. The van der Waals surface area contributed by atoms with Crippen LogP contribution in [0.5, 0.6) is 11.5 Å². The highest BCUT2D eigenvalue weighted by Crippen LogP contribution is 2.36. The Morgan fingerprint density at radius 2 is 1.88 bits per heavy atom. The van der Waals surface area contributed by atoms with Gasteiger partial charge in [-0.05, 0) is 37.7 Å². The molecule has 5 N–H and O–H groups in total. The molecule has 1 amide bonds. The van der Waals surface area contributed by atoms with Crippen molar-refractivity contribution in [3.63, 3.8) is 0 Å². The smallest absolute Gasteiger partial charge is 0.224 e. The van der Waals surface area contributed by atoms with Gasteiger partial charge >= 0.3 is 0 Å². The summed E-state index contributed by atoms with van der Waals surface area (Å²) in [5.41, 5.74) is 2.65. The van der Waals surface area contributed by atoms with Crippen LogP contribution in [0.15, 0.2) is 36.4 Å². The van der Waals surface area contributed by atoms with E-state index in [1.165, 1.54) is 6.07 Å². The van der Waals surface area contributed by atoms with Crippen LogP contribution < -0.4 is 21.4 Å². The van der Waals surface area contributed by atoms with E-state index in [9.17, 15) is 15.0 Å². The molecule has 0 spiro atoms. The first-order chi connectivity index (χ1) is 15.3. The van der Waals surface area contributed by atoms with Gasteiger partial charge in [0.25, 0.3) is 0 Å². The third kappa shape index (κ3) is 5.51. The van der Waals surface area contributed by atoms with Gasteiger partial charge in [0.15, 0.2) is 5.76 Å². The first kappa shape index (κ1) is 23.9. The van der Waals surface area contributed by atoms with Crippen molar-refractivity contribution in [1.29, 1.82) is 0 Å². The molecule has 8 nitrogen and oxygen atoms in total. The van der Waals surface area contributed by atoms with Gasteiger partial charge in [-0.15, -0.1) is 9.24 Å². The van der Waals surface area contributed by atoms with E-state index >= 15 is 0 Å². The zero-order valence-corrected chi connectivity index (χ0v) is 19.6. The van der Waals surface area contributed by atoms with Gasteiger partial charge < -0.3 is 30.2 Å². The van der Waals surface area contributed by atoms with Crippen molar-refractivity contribution in [1.82, 2.24) is 10.2 Å². The Hall–Kier alpha value is -2.80. The summed E-state index contributed by atoms with van der Waals surface area (Å²) in [4.78, 5) is 22.4. The number of hydrogen-bond donors (Lipinski definition) is 4. The van der Waals surface area contributed by atoms with Gasteiger partial charge in [0, 0.05) is 55.4 Å². The lowest BCUT2D eigenvalue weighted by atomic mass is 9.96. The number of amides is 1. The van der Waals surface area contributed by atoms with E-state index < -0.39 is 0 Å². The van der Waals surface area contributed by atoms with E-state index in [-0.39, 0.29) is 29.6 Å². The Morgan fingerprint density at radius 3 is 2.53 bits per heavy atom. The minimum Gasteiger partial charge on any atom is -0.507 e. The molecule has 9 heteroatoms. The number of nitrogens with two attached hydrogens (primary N) is 1. The molecule has 1 unspecified atom stereocenters. The summed E-state index contributed by atoms with van der Waals surface area (Å²) in [6.07, 6.45) is 0.0130. The van der Waals surface area contributed by atoms with Crippen LogP contribution in [0.2, 0.25) is 0 Å². The number of anilines is 1. The van der Waals surface area contributed by atoms with Crippen LogP contribution in [0.3, 0.4) is 0 Å². The van der Waals surface area contributed by atoms with E-state index in [1.807, 2.05) is 31.2 Å². The molecule has 1 saturated heterocycles. The van der Waals surface area contributed by atoms with E-state index in [4.69, 9.17) is 10.7 Å². The number of piperazine rings is 1. The summed E-state index contributed by atoms with van der Waals surface area (Å²) < 4.78 is 0. The minimum absolute atomic E-state index is 0.0130. The fraction of sp³-hybridized carbons (Fsp3) is 0.348. The average Bonchev–Trinajstić information content (AvgIpc) is 2.77. The number of carbonyl (C=O) groups is 1. The molecule has 172 valence electrons. The number of benzene rings is 2. The molecule has 3 rings (SSSR count). The van der Waals surface area contributed by atoms with Gasteiger partial charge in [-0.3, -0.25) is 4.79 Å². The van der Waals surface area contributed by atoms with E-state index in [2.05, 4.69) is 31.4 Å². The number of nitrogens with one attached hydrogen (secondary N) is 1. The maximum Gasteiger partial charge on any atom is 0.224 e. The number of phenolic OH excluding ortho intramolecular Hbond substituents is 2. The molecule has 0 saturated carbocycles. The van der Waals surface area contributed by atoms with Crippen LogP contribution >= 0.6 is 9.24 Å². The molecule has 0 aliphatic carbocycles. The highest BCUT2D eigenvalue weighted by Gasteiger charge is 2.22. The molecule has 1 heterocycles. The van der Waals surface area contributed by atoms with Crippen molar-refractivity contribution in [2.75, 3.05) is 44.7 Å². The SMILES string of the molecule is CCNC(=O)C/C(=C(\ON)c1cc(P)c(O)cc1O)c1cccc(N2CCN(C)CC2)c1. The highest BCUT2D eigenvalue weighted by atomic mass is 31.0. The van der Waals surface area contributed by atoms with Gasteiger partial charge in [0.05, 0.1) is 12.0 Å². The monoisotopic (exact) mass is 458 g/mol. The van der Waals surface area contributed by atoms with Gasteiger partial charge in [-0.1, -0.05) is 12.1 Å². The quantitative estimate of drug-likeness (QED) is 0.216. The number of rotatable bonds is 7. The lowest BCUT2D eigenvalue weighted by Crippen LogP contribution is -2.44. The topological polar surface area (TPSA) is 111 Å². The van der Waals surface area contributed by atoms with Crippen molar-refractivity contribution in [2.24, 2.45) is 5.90 Å². The standard InChI is InChI=1S/C23H31N4O4P/c1-3-25-22(30)13-17(23(31-24)18-12-21(32)20(29)14-19(18)28)15-5-4-6-16(11-15)27-9-7-26(2)8-10-27/h4-6,11-12,14,28-29H,3,7-10,13,24,32H2,1-2H3,(H,25,30)/b23-17+. The second-order valence-corrected chi connectivity index (χ2v) is 8.45. The predicted molar refractivity (Wildman–Crippen MR) is 131 cm³/mol. The van der Waals surface area contributed by atoms with Crippen molar-refractivity contribution in [3.8, 4) is 11.5 Å². The summed E-state index contributed by atoms with van der Waals surface area (Å²) in [6, 6.07) is 10.7. The summed E-state index contributed by atoms with van der Waals surface area (Å²) in [6.45, 7) is 6.10. The lowest BCUT2D eigenvalue weighted by Gasteiger charge is -2.34. The van der Waals surface area contributed by atoms with E-state index in [1.54, 1.807) is 6.07 Å². The van der Waals surface area contributed by atoms with Crippen molar-refractivity contribution >= 4 is 37.5 Å². The van der Waals surface area contributed by atoms with Crippen LogP contribution in [0.4, 0.5) is 5.69 Å². The predicted octanol–water partition coefficient (Wildman–Crippen LogP) is 1.63. The summed E-state index contributed by atoms with van der Waals surface area (Å²) in [5.74, 6) is 5.37. The second-order valence-electron chi connectivity index (χ2n) is 7.82. The van der Waals surface area contributed by atoms with Gasteiger partial charge in [0.2, 0.25) is 5.91 Å². The van der Waals surface area contributed by atoms with Crippen molar-refractivity contribution in [3.05, 3.63) is 47.5 Å². The third-order valence-electron chi connectivity index (χ3n) is 5.56. The van der Waals surface area contributed by atoms with Crippen LogP contribution in [-0.2, 0) is 9.63 Å². The molecule has 1 aliphatic heterocycles. The molecule has 0 aromatic heterocycles. The van der Waals surface area contributed by atoms with Crippen LogP contribution in [0.1, 0.15) is 24.5 Å². The fourth-order valence-electron chi connectivity index (χ4n) is 3.76. The van der Waals surface area contributed by atoms with E-state index in [0.717, 1.165) is 37.4 Å². The largest absolute Gasteiger partial charge is 0.507 e. The van der Waals surface area contributed by atoms with Crippen LogP contribution in [-0.4, -0.2) is 60.8 Å². The first-order valence-electron chi connectivity index (χ1n) is 10.6. The number of aromatic hydroxyl groups is 2. The van der Waals surface area contributed by atoms with Gasteiger partial charge in [-0.2, -0.15) is 5.90 Å². The molecule has 1 fully saturated rings. The molecule has 2 aromatic rings. The normalized spacial score (nSPS) is 15.3. The molecule has 1 aliphatic rings. The van der Waals surface area contributed by atoms with Crippen molar-refractivity contribution in [2.45, 2.75) is 13.3 Å². The molecule has 0 radical (unpaired) electrons. The zero-order chi connectivity index (χ0) is 23.3. The molecular formula is C23H31N4O4P. The highest BCUT2D eigenvalue weighted by molar-refractivity contribution is 7.27. The lowest BCUT2D eigenvalue weighted by molar-refractivity contribution is -0.119. The minimum atomic E-state index is -0.197. The number of hydrogen-bond acceptors (Lipinski definition) is 7. The van der Waals surface area contributed by atoms with E-state index in [0.29, 0.717) is 23.0 Å². The molecule has 0 bridgehead atoms. The first-order valence-corrected chi connectivity index (χ1v) is 11.1. The summed E-state index contributed by atoms with van der Waals surface area (Å²) in [5, 5.41) is 23.7. The number of carbonyl (C=O) groups excluding carboxylic acids is 1. The van der Waals surface area contributed by atoms with Gasteiger partial charge in [-0.25, -0.2) is 0 Å². The average molecular weight is 458 g/mol. The Bertz CT molecular complexity index is 1000. The Balaban J connectivity index is 2.11. The Morgan fingerprint density at radius 1 is 1.16 bits per heavy atom. The van der Waals surface area contributed by atoms with Crippen LogP contribution in [0, 0.1) is 0 Å². The van der Waals surface area contributed by atoms with Gasteiger partial charge in [0.1, 0.15) is 11.5 Å².